The van der Waals surface area contributed by atoms with Crippen LogP contribution in [-0.2, 0) is 16.5 Å². The maximum absolute atomic E-state index is 12.6. The Morgan fingerprint density at radius 2 is 1.67 bits per heavy atom. The second-order valence-corrected chi connectivity index (χ2v) is 6.35. The minimum Gasteiger partial charge on any atom is -0.746 e. The van der Waals surface area contributed by atoms with Crippen LogP contribution in [0, 0.1) is 0 Å². The molecule has 0 saturated carbocycles. The first-order chi connectivity index (χ1) is 9.98. The maximum Gasteiger partial charge on any atom is 0.259 e. The van der Waals surface area contributed by atoms with Gasteiger partial charge in [-0.1, -0.05) is 36.4 Å². The molecule has 2 aromatic carbocycles. The van der Waals surface area contributed by atoms with Crippen LogP contribution in [0.3, 0.4) is 0 Å². The summed E-state index contributed by atoms with van der Waals surface area (Å²) < 4.78 is 34.5. The number of para-hydroxylation sites is 1. The largest absolute Gasteiger partial charge is 0.746 e. The summed E-state index contributed by atoms with van der Waals surface area (Å²) in [6.07, 6.45) is 0.0284. The summed E-state index contributed by atoms with van der Waals surface area (Å²) >= 11 is 0. The van der Waals surface area contributed by atoms with Crippen molar-refractivity contribution in [1.82, 2.24) is 0 Å². The molecule has 1 atom stereocenters. The molecule has 0 N–H and O–H groups in total. The first-order valence-electron chi connectivity index (χ1n) is 6.40. The fourth-order valence-corrected chi connectivity index (χ4v) is 3.40. The van der Waals surface area contributed by atoms with Gasteiger partial charge >= 0.3 is 0 Å². The van der Waals surface area contributed by atoms with Gasteiger partial charge in [0, 0.05) is 17.7 Å². The molecule has 0 aliphatic carbocycles. The molecule has 21 heavy (non-hydrogen) atoms. The van der Waals surface area contributed by atoms with E-state index >= 15 is 0 Å². The van der Waals surface area contributed by atoms with Gasteiger partial charge in [0.15, 0.2) is 0 Å². The zero-order chi connectivity index (χ0) is 15.0. The van der Waals surface area contributed by atoms with Crippen LogP contribution in [0.5, 0.6) is 0 Å². The van der Waals surface area contributed by atoms with Crippen molar-refractivity contribution >= 4 is 21.7 Å². The second kappa shape index (κ2) is 4.98. The lowest BCUT2D eigenvalue weighted by Gasteiger charge is -2.27. The van der Waals surface area contributed by atoms with E-state index in [1.807, 2.05) is 0 Å². The zero-order valence-corrected chi connectivity index (χ0v) is 11.8. The van der Waals surface area contributed by atoms with Crippen molar-refractivity contribution in [2.75, 3.05) is 4.90 Å². The first kappa shape index (κ1) is 13.8. The van der Waals surface area contributed by atoms with Crippen LogP contribution in [0.4, 0.5) is 5.69 Å². The monoisotopic (exact) mass is 302 g/mol. The van der Waals surface area contributed by atoms with E-state index in [1.54, 1.807) is 54.6 Å². The van der Waals surface area contributed by atoms with E-state index in [9.17, 15) is 17.8 Å². The summed E-state index contributed by atoms with van der Waals surface area (Å²) in [5.74, 6) is -0.482. The molecule has 0 saturated heterocycles. The van der Waals surface area contributed by atoms with Gasteiger partial charge in [-0.25, -0.2) is 8.42 Å². The Bertz CT molecular complexity index is 786. The highest BCUT2D eigenvalue weighted by molar-refractivity contribution is 7.86. The Morgan fingerprint density at radius 1 is 1.05 bits per heavy atom. The molecule has 1 heterocycles. The Labute approximate surface area is 122 Å². The number of carbonyl (C=O) groups excluding carboxylic acids is 1. The molecule has 0 fully saturated rings. The third kappa shape index (κ3) is 2.43. The number of anilines is 1. The molecule has 1 aliphatic heterocycles. The number of benzene rings is 2. The molecule has 108 valence electrons. The third-order valence-corrected chi connectivity index (χ3v) is 4.55. The van der Waals surface area contributed by atoms with Crippen LogP contribution in [-0.4, -0.2) is 24.3 Å². The normalized spacial score (nSPS) is 17.6. The molecule has 0 bridgehead atoms. The molecular formula is C15H12NO4S-. The number of fused-ring (bicyclic) bond motifs is 1. The van der Waals surface area contributed by atoms with E-state index in [-0.39, 0.29) is 6.42 Å². The van der Waals surface area contributed by atoms with Gasteiger partial charge < -0.3 is 4.55 Å². The lowest BCUT2D eigenvalue weighted by atomic mass is 10.1. The lowest BCUT2D eigenvalue weighted by Crippen LogP contribution is -2.42. The van der Waals surface area contributed by atoms with Crippen LogP contribution in [0.25, 0.3) is 0 Å². The van der Waals surface area contributed by atoms with Crippen molar-refractivity contribution < 1.29 is 17.8 Å². The molecule has 0 spiro atoms. The van der Waals surface area contributed by atoms with E-state index < -0.39 is 21.4 Å². The molecule has 1 aliphatic rings. The van der Waals surface area contributed by atoms with E-state index in [4.69, 9.17) is 0 Å². The number of carbonyl (C=O) groups is 1. The van der Waals surface area contributed by atoms with Gasteiger partial charge in [0.25, 0.3) is 5.91 Å². The summed E-state index contributed by atoms with van der Waals surface area (Å²) in [4.78, 5) is 13.7. The van der Waals surface area contributed by atoms with Crippen LogP contribution < -0.4 is 4.90 Å². The quantitative estimate of drug-likeness (QED) is 0.792. The summed E-state index contributed by atoms with van der Waals surface area (Å²) in [6, 6.07) is 15.2. The molecule has 5 nitrogen and oxygen atoms in total. The number of amides is 1. The van der Waals surface area contributed by atoms with Crippen molar-refractivity contribution in [3.63, 3.8) is 0 Å². The fourth-order valence-electron chi connectivity index (χ4n) is 2.54. The predicted molar refractivity (Wildman–Crippen MR) is 76.9 cm³/mol. The summed E-state index contributed by atoms with van der Waals surface area (Å²) in [5.41, 5.74) is 1.52. The number of hydrogen-bond donors (Lipinski definition) is 0. The van der Waals surface area contributed by atoms with Crippen molar-refractivity contribution in [2.45, 2.75) is 11.8 Å². The van der Waals surface area contributed by atoms with Gasteiger partial charge in [-0.2, -0.15) is 0 Å². The highest BCUT2D eigenvalue weighted by Crippen LogP contribution is 2.35. The summed E-state index contributed by atoms with van der Waals surface area (Å²) in [6.45, 7) is 0. The van der Waals surface area contributed by atoms with Crippen LogP contribution >= 0.6 is 0 Å². The van der Waals surface area contributed by atoms with E-state index in [0.29, 0.717) is 16.8 Å². The molecule has 0 unspecified atom stereocenters. The average Bonchev–Trinajstić information content (AvgIpc) is 2.87. The standard InChI is InChI=1S/C15H13NO4S/c17-15(11-6-2-1-3-7-11)16-13-9-5-4-8-12(13)10-14(16)21(18,19)20/h1-9,14H,10H2,(H,18,19,20)/p-1/t14-/m1/s1. The van der Waals surface area contributed by atoms with Crippen LogP contribution in [0.15, 0.2) is 54.6 Å². The Hall–Kier alpha value is -2.18. The third-order valence-electron chi connectivity index (χ3n) is 3.51. The second-order valence-electron chi connectivity index (χ2n) is 4.82. The van der Waals surface area contributed by atoms with Crippen molar-refractivity contribution in [3.05, 3.63) is 65.7 Å². The smallest absolute Gasteiger partial charge is 0.259 e. The predicted octanol–water partition coefficient (Wildman–Crippen LogP) is 1.76. The number of rotatable bonds is 2. The molecule has 0 radical (unpaired) electrons. The lowest BCUT2D eigenvalue weighted by molar-refractivity contribution is 0.0984. The molecule has 0 aromatic heterocycles. The summed E-state index contributed by atoms with van der Waals surface area (Å²) in [5, 5.41) is -1.39. The van der Waals surface area contributed by atoms with Gasteiger partial charge in [0.1, 0.15) is 15.5 Å². The Kier molecular flexibility index (Phi) is 3.27. The minimum absolute atomic E-state index is 0.0284. The Balaban J connectivity index is 2.10. The first-order valence-corrected chi connectivity index (χ1v) is 7.87. The fraction of sp³-hybridized carbons (Fsp3) is 0.133. The van der Waals surface area contributed by atoms with Gasteiger partial charge in [-0.05, 0) is 23.8 Å². The topological polar surface area (TPSA) is 77.5 Å². The molecular weight excluding hydrogens is 290 g/mol. The van der Waals surface area contributed by atoms with Crippen molar-refractivity contribution in [1.29, 1.82) is 0 Å². The molecule has 2 aromatic rings. The van der Waals surface area contributed by atoms with Crippen molar-refractivity contribution in [2.24, 2.45) is 0 Å². The molecule has 1 amide bonds. The van der Waals surface area contributed by atoms with Crippen molar-refractivity contribution in [3.8, 4) is 0 Å². The maximum atomic E-state index is 12.6. The van der Waals surface area contributed by atoms with Gasteiger partial charge in [0.2, 0.25) is 0 Å². The highest BCUT2D eigenvalue weighted by Gasteiger charge is 2.37. The van der Waals surface area contributed by atoms with Crippen LogP contribution in [0.2, 0.25) is 0 Å². The van der Waals surface area contributed by atoms with E-state index in [1.165, 1.54) is 0 Å². The number of hydrogen-bond acceptors (Lipinski definition) is 4. The zero-order valence-electron chi connectivity index (χ0n) is 11.0. The minimum atomic E-state index is -4.62. The van der Waals surface area contributed by atoms with Gasteiger partial charge in [-0.15, -0.1) is 0 Å². The highest BCUT2D eigenvalue weighted by atomic mass is 32.2. The molecule has 3 rings (SSSR count). The SMILES string of the molecule is O=C(c1ccccc1)N1c2ccccc2C[C@H]1S(=O)(=O)[O-]. The van der Waals surface area contributed by atoms with E-state index in [0.717, 1.165) is 4.90 Å². The van der Waals surface area contributed by atoms with Crippen LogP contribution in [0.1, 0.15) is 15.9 Å². The van der Waals surface area contributed by atoms with Gasteiger partial charge in [-0.3, -0.25) is 9.69 Å². The number of nitrogens with zero attached hydrogens (tertiary/aromatic N) is 1. The summed E-state index contributed by atoms with van der Waals surface area (Å²) in [7, 11) is -4.62. The average molecular weight is 302 g/mol. The van der Waals surface area contributed by atoms with E-state index in [2.05, 4.69) is 0 Å². The van der Waals surface area contributed by atoms with Gasteiger partial charge in [0.05, 0.1) is 0 Å². The Morgan fingerprint density at radius 3 is 2.33 bits per heavy atom. The molecule has 6 heteroatoms.